The van der Waals surface area contributed by atoms with E-state index in [0.29, 0.717) is 5.56 Å². The molecule has 1 amide bonds. The van der Waals surface area contributed by atoms with Gasteiger partial charge in [-0.25, -0.2) is 4.79 Å². The first-order valence-electron chi connectivity index (χ1n) is 6.66. The van der Waals surface area contributed by atoms with Crippen LogP contribution in [0, 0.1) is 5.92 Å². The maximum absolute atomic E-state index is 12.0. The average molecular weight is 343 g/mol. The van der Waals surface area contributed by atoms with Crippen LogP contribution in [0.15, 0.2) is 30.3 Å². The number of amides is 1. The molecule has 0 bridgehead atoms. The molecule has 8 nitrogen and oxygen atoms in total. The van der Waals surface area contributed by atoms with E-state index in [4.69, 9.17) is 9.66 Å². The molecule has 2 atom stereocenters. The predicted molar refractivity (Wildman–Crippen MR) is 80.5 cm³/mol. The number of carbonyl (C=O) groups excluding carboxylic acids is 2. The lowest BCUT2D eigenvalue weighted by atomic mass is 9.99. The summed E-state index contributed by atoms with van der Waals surface area (Å²) in [6.45, 7) is 1.42. The van der Waals surface area contributed by atoms with E-state index in [1.165, 1.54) is 6.92 Å². The summed E-state index contributed by atoms with van der Waals surface area (Å²) in [5.74, 6) is -4.68. The Morgan fingerprint density at radius 3 is 2.22 bits per heavy atom. The fourth-order valence-corrected chi connectivity index (χ4v) is 2.46. The molecule has 23 heavy (non-hydrogen) atoms. The second kappa shape index (κ2) is 7.84. The van der Waals surface area contributed by atoms with Gasteiger partial charge in [0.15, 0.2) is 5.78 Å². The molecular formula is C14H17NO7S. The summed E-state index contributed by atoms with van der Waals surface area (Å²) in [6.07, 6.45) is -0.159. The van der Waals surface area contributed by atoms with Gasteiger partial charge >= 0.3 is 5.97 Å². The van der Waals surface area contributed by atoms with Crippen LogP contribution in [-0.4, -0.2) is 47.5 Å². The maximum atomic E-state index is 12.0. The molecule has 1 unspecified atom stereocenters. The molecule has 1 aromatic rings. The summed E-state index contributed by atoms with van der Waals surface area (Å²) >= 11 is 0. The van der Waals surface area contributed by atoms with Crippen molar-refractivity contribution in [2.24, 2.45) is 5.92 Å². The minimum absolute atomic E-state index is 0.159. The monoisotopic (exact) mass is 343 g/mol. The number of carboxylic acid groups (broad SMARTS) is 1. The molecule has 1 rings (SSSR count). The van der Waals surface area contributed by atoms with Crippen LogP contribution in [-0.2, 0) is 19.7 Å². The Labute approximate surface area is 133 Å². The van der Waals surface area contributed by atoms with E-state index in [-0.39, 0.29) is 12.2 Å². The molecule has 0 saturated carbocycles. The molecule has 0 saturated heterocycles. The van der Waals surface area contributed by atoms with Crippen molar-refractivity contribution in [2.45, 2.75) is 19.4 Å². The molecule has 0 aromatic heterocycles. The van der Waals surface area contributed by atoms with E-state index in [9.17, 15) is 22.8 Å². The summed E-state index contributed by atoms with van der Waals surface area (Å²) in [5, 5.41) is 10.9. The molecule has 126 valence electrons. The van der Waals surface area contributed by atoms with Gasteiger partial charge in [0.1, 0.15) is 11.8 Å². The number of carboxylic acids is 1. The van der Waals surface area contributed by atoms with Crippen LogP contribution in [0.1, 0.15) is 23.7 Å². The zero-order valence-electron chi connectivity index (χ0n) is 12.3. The minimum atomic E-state index is -4.57. The minimum Gasteiger partial charge on any atom is -0.480 e. The lowest BCUT2D eigenvalue weighted by molar-refractivity contribution is -0.141. The third-order valence-electron chi connectivity index (χ3n) is 3.03. The maximum Gasteiger partial charge on any atom is 0.327 e. The highest BCUT2D eigenvalue weighted by Crippen LogP contribution is 2.10. The van der Waals surface area contributed by atoms with Crippen molar-refractivity contribution in [3.05, 3.63) is 35.9 Å². The van der Waals surface area contributed by atoms with Crippen LogP contribution in [0.4, 0.5) is 0 Å². The molecule has 0 radical (unpaired) electrons. The van der Waals surface area contributed by atoms with Crippen LogP contribution >= 0.6 is 0 Å². The largest absolute Gasteiger partial charge is 0.480 e. The van der Waals surface area contributed by atoms with Crippen molar-refractivity contribution in [1.82, 2.24) is 5.32 Å². The van der Waals surface area contributed by atoms with Gasteiger partial charge in [0.2, 0.25) is 5.91 Å². The van der Waals surface area contributed by atoms with Crippen LogP contribution in [0.3, 0.4) is 0 Å². The van der Waals surface area contributed by atoms with Gasteiger partial charge in [0, 0.05) is 17.9 Å². The molecule has 0 fully saturated rings. The number of aliphatic carboxylic acids is 1. The summed E-state index contributed by atoms with van der Waals surface area (Å²) < 4.78 is 30.2. The predicted octanol–water partition coefficient (Wildman–Crippen LogP) is 0.353. The molecule has 0 aliphatic rings. The quantitative estimate of drug-likeness (QED) is 0.457. The molecule has 0 aliphatic heterocycles. The number of carbonyl (C=O) groups is 3. The molecule has 3 N–H and O–H groups in total. The van der Waals surface area contributed by atoms with Crippen LogP contribution in [0.2, 0.25) is 0 Å². The number of hydrogen-bond acceptors (Lipinski definition) is 5. The van der Waals surface area contributed by atoms with Crippen LogP contribution in [0.5, 0.6) is 0 Å². The van der Waals surface area contributed by atoms with E-state index < -0.39 is 39.7 Å². The van der Waals surface area contributed by atoms with Gasteiger partial charge in [0.05, 0.1) is 0 Å². The number of ketones is 1. The Balaban J connectivity index is 2.68. The summed E-state index contributed by atoms with van der Waals surface area (Å²) in [7, 11) is -4.57. The van der Waals surface area contributed by atoms with Crippen molar-refractivity contribution >= 4 is 27.8 Å². The summed E-state index contributed by atoms with van der Waals surface area (Å²) in [4.78, 5) is 34.8. The summed E-state index contributed by atoms with van der Waals surface area (Å²) in [5.41, 5.74) is 0.417. The van der Waals surface area contributed by atoms with Crippen LogP contribution in [0.25, 0.3) is 0 Å². The lowest BCUT2D eigenvalue weighted by Gasteiger charge is -2.16. The van der Waals surface area contributed by atoms with Crippen molar-refractivity contribution in [3.8, 4) is 0 Å². The normalized spacial score (nSPS) is 13.8. The SMILES string of the molecule is CC(CC(=O)c1ccccc1)C(=O)N[C@@H](CS(=O)(=O)O)C(=O)O. The number of rotatable bonds is 8. The number of hydrogen-bond donors (Lipinski definition) is 3. The fourth-order valence-electron chi connectivity index (χ4n) is 1.81. The third kappa shape index (κ3) is 6.57. The average Bonchev–Trinajstić information content (AvgIpc) is 2.45. The highest BCUT2D eigenvalue weighted by atomic mass is 32.2. The highest BCUT2D eigenvalue weighted by molar-refractivity contribution is 7.85. The van der Waals surface area contributed by atoms with Crippen molar-refractivity contribution < 1.29 is 32.5 Å². The van der Waals surface area contributed by atoms with E-state index in [2.05, 4.69) is 0 Å². The molecule has 1 aromatic carbocycles. The molecule has 0 spiro atoms. The van der Waals surface area contributed by atoms with E-state index in [1.807, 2.05) is 5.32 Å². The fraction of sp³-hybridized carbons (Fsp3) is 0.357. The molecule has 0 heterocycles. The summed E-state index contributed by atoms with van der Waals surface area (Å²) in [6, 6.07) is 6.47. The first-order chi connectivity index (χ1) is 10.6. The Bertz CT molecular complexity index is 684. The second-order valence-electron chi connectivity index (χ2n) is 5.04. The van der Waals surface area contributed by atoms with Gasteiger partial charge in [0.25, 0.3) is 10.1 Å². The van der Waals surface area contributed by atoms with E-state index >= 15 is 0 Å². The first-order valence-corrected chi connectivity index (χ1v) is 8.27. The number of benzene rings is 1. The molecule has 9 heteroatoms. The Hall–Kier alpha value is -2.26. The molecular weight excluding hydrogens is 326 g/mol. The Morgan fingerprint density at radius 2 is 1.74 bits per heavy atom. The highest BCUT2D eigenvalue weighted by Gasteiger charge is 2.28. The van der Waals surface area contributed by atoms with Gasteiger partial charge in [-0.15, -0.1) is 0 Å². The third-order valence-corrected chi connectivity index (χ3v) is 3.78. The van der Waals surface area contributed by atoms with E-state index in [0.717, 1.165) is 0 Å². The molecule has 0 aliphatic carbocycles. The first kappa shape index (κ1) is 18.8. The van der Waals surface area contributed by atoms with Crippen molar-refractivity contribution in [2.75, 3.05) is 5.75 Å². The topological polar surface area (TPSA) is 138 Å². The van der Waals surface area contributed by atoms with Crippen molar-refractivity contribution in [1.29, 1.82) is 0 Å². The zero-order valence-corrected chi connectivity index (χ0v) is 13.1. The Morgan fingerprint density at radius 1 is 1.17 bits per heavy atom. The van der Waals surface area contributed by atoms with Gasteiger partial charge in [-0.3, -0.25) is 14.1 Å². The van der Waals surface area contributed by atoms with Gasteiger partial charge < -0.3 is 10.4 Å². The van der Waals surface area contributed by atoms with Gasteiger partial charge in [-0.05, 0) is 0 Å². The standard InChI is InChI=1S/C14H17NO7S/c1-9(7-12(16)10-5-3-2-4-6-10)13(17)15-11(14(18)19)8-23(20,21)22/h2-6,9,11H,7-8H2,1H3,(H,15,17)(H,18,19)(H,20,21,22)/t9?,11-/m0/s1. The van der Waals surface area contributed by atoms with E-state index in [1.54, 1.807) is 30.3 Å². The van der Waals surface area contributed by atoms with Crippen molar-refractivity contribution in [3.63, 3.8) is 0 Å². The number of Topliss-reactive ketones (excluding diaryl/α,β-unsaturated/α-hetero) is 1. The second-order valence-corrected chi connectivity index (χ2v) is 6.54. The zero-order chi connectivity index (χ0) is 17.6. The van der Waals surface area contributed by atoms with Gasteiger partial charge in [-0.1, -0.05) is 37.3 Å². The Kier molecular flexibility index (Phi) is 6.40. The van der Waals surface area contributed by atoms with Crippen LogP contribution < -0.4 is 5.32 Å². The number of nitrogens with one attached hydrogen (secondary N) is 1. The lowest BCUT2D eigenvalue weighted by Crippen LogP contribution is -2.47. The smallest absolute Gasteiger partial charge is 0.327 e. The van der Waals surface area contributed by atoms with Gasteiger partial charge in [-0.2, -0.15) is 8.42 Å².